The van der Waals surface area contributed by atoms with Gasteiger partial charge in [-0.25, -0.2) is 32.0 Å². The van der Waals surface area contributed by atoms with E-state index in [1.165, 1.54) is 46.2 Å². The number of benzene rings is 2. The van der Waals surface area contributed by atoms with Crippen molar-refractivity contribution in [2.24, 2.45) is 16.2 Å². The zero-order chi connectivity index (χ0) is 46.2. The summed E-state index contributed by atoms with van der Waals surface area (Å²) in [5.74, 6) is -7.67. The summed E-state index contributed by atoms with van der Waals surface area (Å²) in [5.41, 5.74) is 0.368. The molecule has 1 heterocycles. The van der Waals surface area contributed by atoms with Crippen molar-refractivity contribution in [1.82, 2.24) is 15.1 Å². The van der Waals surface area contributed by atoms with Gasteiger partial charge in [-0.15, -0.1) is 0 Å². The summed E-state index contributed by atoms with van der Waals surface area (Å²) in [6, 6.07) is 8.38. The van der Waals surface area contributed by atoms with E-state index in [0.29, 0.717) is 0 Å². The number of piperazine rings is 1. The number of nitrogens with one attached hydrogen (secondary N) is 2. The standard InChI is InChI=1S/C37H47N7O16S2/c38-61(56,57)28-7-3-25(4-8-28)40-33(49)20-42(12-13-43-21-34(50)44(35(51)22-43)26-5-9-29(10-6-26)62(39,58)59)19-27(46)2-1-14-60-15-11-32(48)41-30(18-37(54)55)31(47)16-24(23-45)17-36(52)53/h3-10,23-24,30H,1-2,11-22H2,(H,40,49)(H,41,48)(H,52,53)(H,54,55)(H2,38,56,57)(H2,39,58,59)/t24-,30-/m0/s1. The number of nitrogens with zero attached hydrogens (tertiary/aromatic N) is 3. The van der Waals surface area contributed by atoms with Crippen molar-refractivity contribution >= 4 is 84.8 Å². The summed E-state index contributed by atoms with van der Waals surface area (Å²) in [6.07, 6.45) is -1.93. The summed E-state index contributed by atoms with van der Waals surface area (Å²) in [7, 11) is -8.00. The lowest BCUT2D eigenvalue weighted by Gasteiger charge is -2.33. The molecule has 0 aromatic heterocycles. The molecular formula is C37H47N7O16S2. The van der Waals surface area contributed by atoms with Crippen LogP contribution in [0.4, 0.5) is 11.4 Å². The Morgan fingerprint density at radius 2 is 1.34 bits per heavy atom. The normalized spacial score (nSPS) is 14.5. The van der Waals surface area contributed by atoms with Crippen LogP contribution in [0.25, 0.3) is 0 Å². The van der Waals surface area contributed by atoms with Crippen LogP contribution in [0.1, 0.15) is 38.5 Å². The second-order valence-electron chi connectivity index (χ2n) is 14.1. The van der Waals surface area contributed by atoms with E-state index in [-0.39, 0.29) is 105 Å². The highest BCUT2D eigenvalue weighted by atomic mass is 32.2. The van der Waals surface area contributed by atoms with Crippen molar-refractivity contribution in [3.8, 4) is 0 Å². The van der Waals surface area contributed by atoms with E-state index in [9.17, 15) is 60.0 Å². The monoisotopic (exact) mass is 909 g/mol. The molecule has 4 amide bonds. The van der Waals surface area contributed by atoms with Gasteiger partial charge in [-0.1, -0.05) is 0 Å². The zero-order valence-electron chi connectivity index (χ0n) is 33.2. The number of amides is 4. The van der Waals surface area contributed by atoms with Crippen LogP contribution in [-0.4, -0.2) is 149 Å². The summed E-state index contributed by atoms with van der Waals surface area (Å²) in [6.45, 7) is -1.15. The predicted octanol–water partition coefficient (Wildman–Crippen LogP) is -1.94. The van der Waals surface area contributed by atoms with Crippen LogP contribution < -0.4 is 25.8 Å². The Morgan fingerprint density at radius 1 is 0.774 bits per heavy atom. The molecule has 2 atom stereocenters. The van der Waals surface area contributed by atoms with Crippen LogP contribution >= 0.6 is 0 Å². The van der Waals surface area contributed by atoms with Gasteiger partial charge in [-0.05, 0) is 55.0 Å². The zero-order valence-corrected chi connectivity index (χ0v) is 34.8. The van der Waals surface area contributed by atoms with E-state index < -0.39 is 92.6 Å². The molecule has 62 heavy (non-hydrogen) atoms. The smallest absolute Gasteiger partial charge is 0.305 e. The number of imide groups is 1. The third-order valence-corrected chi connectivity index (χ3v) is 10.9. The Balaban J connectivity index is 1.55. The predicted molar refractivity (Wildman–Crippen MR) is 215 cm³/mol. The minimum atomic E-state index is -4.01. The number of nitrogens with two attached hydrogens (primary N) is 2. The quantitative estimate of drug-likeness (QED) is 0.0323. The van der Waals surface area contributed by atoms with Crippen molar-refractivity contribution in [2.45, 2.75) is 54.4 Å². The number of carbonyl (C=O) groups excluding carboxylic acids is 7. The van der Waals surface area contributed by atoms with Crippen molar-refractivity contribution in [3.05, 3.63) is 48.5 Å². The summed E-state index contributed by atoms with van der Waals surface area (Å²) in [5, 5.41) is 33.1. The topological polar surface area (TPSA) is 357 Å². The average Bonchev–Trinajstić information content (AvgIpc) is 3.16. The van der Waals surface area contributed by atoms with Gasteiger partial charge in [0.2, 0.25) is 43.7 Å². The minimum absolute atomic E-state index is 0.000964. The van der Waals surface area contributed by atoms with Crippen LogP contribution in [-0.2, 0) is 67.9 Å². The number of anilines is 2. The van der Waals surface area contributed by atoms with Crippen LogP contribution in [0.3, 0.4) is 0 Å². The van der Waals surface area contributed by atoms with Crippen LogP contribution in [0.15, 0.2) is 58.3 Å². The van der Waals surface area contributed by atoms with E-state index in [2.05, 4.69) is 10.6 Å². The second kappa shape index (κ2) is 23.4. The summed E-state index contributed by atoms with van der Waals surface area (Å²) >= 11 is 0. The van der Waals surface area contributed by atoms with Gasteiger partial charge < -0.3 is 30.4 Å². The number of carbonyl (C=O) groups is 9. The van der Waals surface area contributed by atoms with E-state index >= 15 is 0 Å². The third kappa shape index (κ3) is 17.3. The number of carboxylic acids is 2. The van der Waals surface area contributed by atoms with E-state index in [1.807, 2.05) is 0 Å². The molecule has 3 rings (SSSR count). The average molecular weight is 910 g/mol. The number of Topliss-reactive ketones (excluding diaryl/α,β-unsaturated/α-hetero) is 2. The van der Waals surface area contributed by atoms with E-state index in [0.717, 1.165) is 17.0 Å². The lowest BCUT2D eigenvalue weighted by Crippen LogP contribution is -2.55. The van der Waals surface area contributed by atoms with Crippen molar-refractivity contribution in [1.29, 1.82) is 0 Å². The number of primary sulfonamides is 2. The molecule has 2 aromatic carbocycles. The molecule has 2 aromatic rings. The van der Waals surface area contributed by atoms with Gasteiger partial charge in [-0.3, -0.25) is 48.2 Å². The number of aldehydes is 1. The number of sulfonamides is 2. The van der Waals surface area contributed by atoms with Gasteiger partial charge >= 0.3 is 11.9 Å². The van der Waals surface area contributed by atoms with Gasteiger partial charge in [-0.2, -0.15) is 0 Å². The van der Waals surface area contributed by atoms with Gasteiger partial charge in [0, 0.05) is 50.6 Å². The SMILES string of the molecule is NS(=O)(=O)c1ccc(NC(=O)CN(CCN2CC(=O)N(c3ccc(S(N)(=O)=O)cc3)C(=O)C2)CC(=O)CCCOCCC(=O)N[C@@H](CC(=O)O)C(=O)C[C@H](C=O)CC(=O)O)cc1. The summed E-state index contributed by atoms with van der Waals surface area (Å²) < 4.78 is 51.8. The van der Waals surface area contributed by atoms with Gasteiger partial charge in [0.05, 0.1) is 67.1 Å². The fourth-order valence-corrected chi connectivity index (χ4v) is 7.06. The van der Waals surface area contributed by atoms with Crippen LogP contribution in [0, 0.1) is 5.92 Å². The number of ketones is 2. The van der Waals surface area contributed by atoms with Crippen molar-refractivity contribution in [3.63, 3.8) is 0 Å². The second-order valence-corrected chi connectivity index (χ2v) is 17.2. The maximum Gasteiger partial charge on any atom is 0.305 e. The Bertz CT molecular complexity index is 2200. The molecule has 338 valence electrons. The van der Waals surface area contributed by atoms with Crippen LogP contribution in [0.5, 0.6) is 0 Å². The molecule has 0 aliphatic carbocycles. The Kier molecular flexibility index (Phi) is 19.1. The van der Waals surface area contributed by atoms with Gasteiger partial charge in [0.25, 0.3) is 0 Å². The molecule has 0 saturated carbocycles. The highest BCUT2D eigenvalue weighted by Gasteiger charge is 2.33. The highest BCUT2D eigenvalue weighted by Crippen LogP contribution is 2.21. The number of aliphatic carboxylic acids is 2. The lowest BCUT2D eigenvalue weighted by atomic mass is 9.95. The molecule has 0 bridgehead atoms. The molecule has 1 saturated heterocycles. The minimum Gasteiger partial charge on any atom is -0.481 e. The first-order valence-corrected chi connectivity index (χ1v) is 21.8. The molecule has 1 aliphatic rings. The largest absolute Gasteiger partial charge is 0.481 e. The molecule has 23 nitrogen and oxygen atoms in total. The number of carboxylic acid groups (broad SMARTS) is 2. The molecule has 1 aliphatic heterocycles. The van der Waals surface area contributed by atoms with E-state index in [1.54, 1.807) is 0 Å². The molecule has 8 N–H and O–H groups in total. The maximum absolute atomic E-state index is 13.1. The van der Waals surface area contributed by atoms with Crippen LogP contribution in [0.2, 0.25) is 0 Å². The van der Waals surface area contributed by atoms with E-state index in [4.69, 9.17) is 25.2 Å². The third-order valence-electron chi connectivity index (χ3n) is 9.02. The van der Waals surface area contributed by atoms with Gasteiger partial charge in [0.15, 0.2) is 5.78 Å². The first-order valence-electron chi connectivity index (χ1n) is 18.7. The Morgan fingerprint density at radius 3 is 1.87 bits per heavy atom. The summed E-state index contributed by atoms with van der Waals surface area (Å²) in [4.78, 5) is 114. The molecule has 1 fully saturated rings. The maximum atomic E-state index is 13.1. The first kappa shape index (κ1) is 50.5. The number of rotatable bonds is 27. The van der Waals surface area contributed by atoms with Crippen molar-refractivity contribution in [2.75, 3.05) is 62.7 Å². The molecule has 0 spiro atoms. The highest BCUT2D eigenvalue weighted by molar-refractivity contribution is 7.89. The van der Waals surface area contributed by atoms with Crippen molar-refractivity contribution < 1.29 is 74.9 Å². The lowest BCUT2D eigenvalue weighted by molar-refractivity contribution is -0.142. The Labute approximate surface area is 355 Å². The fourth-order valence-electron chi connectivity index (χ4n) is 6.03. The number of ether oxygens (including phenoxy) is 1. The molecule has 0 unspecified atom stereocenters. The molecule has 25 heteroatoms. The molecular weight excluding hydrogens is 863 g/mol. The number of hydrogen-bond acceptors (Lipinski definition) is 16. The fraction of sp³-hybridized carbons (Fsp3) is 0.432. The number of hydrogen-bond donors (Lipinski definition) is 6. The first-order chi connectivity index (χ1) is 29.0. The Hall–Kier alpha value is -5.83. The molecule has 0 radical (unpaired) electrons. The van der Waals surface area contributed by atoms with Gasteiger partial charge in [0.1, 0.15) is 12.1 Å².